The Morgan fingerprint density at radius 1 is 1.29 bits per heavy atom. The molecule has 2 aliphatic rings. The first-order valence-electron chi connectivity index (χ1n) is 7.74. The van der Waals surface area contributed by atoms with Gasteiger partial charge in [-0.3, -0.25) is 0 Å². The average Bonchev–Trinajstić information content (AvgIpc) is 2.54. The zero-order valence-corrected chi connectivity index (χ0v) is 12.7. The topological polar surface area (TPSA) is 72.4 Å². The highest BCUT2D eigenvalue weighted by molar-refractivity contribution is 5.40. The third kappa shape index (κ3) is 3.02. The lowest BCUT2D eigenvalue weighted by Crippen LogP contribution is -2.53. The first-order valence-corrected chi connectivity index (χ1v) is 7.74. The molecule has 1 aromatic rings. The van der Waals surface area contributed by atoms with Crippen molar-refractivity contribution in [3.63, 3.8) is 0 Å². The van der Waals surface area contributed by atoms with Gasteiger partial charge in [-0.05, 0) is 19.8 Å². The number of aromatic nitrogens is 3. The monoisotopic (exact) mass is 293 g/mol. The van der Waals surface area contributed by atoms with Gasteiger partial charge in [0.15, 0.2) is 0 Å². The van der Waals surface area contributed by atoms with Crippen molar-refractivity contribution in [1.29, 1.82) is 0 Å². The molecule has 1 aromatic heterocycles. The molecule has 0 spiro atoms. The van der Waals surface area contributed by atoms with E-state index in [0.29, 0.717) is 30.1 Å². The van der Waals surface area contributed by atoms with Crippen LogP contribution in [0.4, 0.5) is 11.9 Å². The third-order valence-corrected chi connectivity index (χ3v) is 4.11. The van der Waals surface area contributed by atoms with Crippen LogP contribution in [0.2, 0.25) is 0 Å². The van der Waals surface area contributed by atoms with Gasteiger partial charge in [0, 0.05) is 13.1 Å². The van der Waals surface area contributed by atoms with Crippen LogP contribution in [-0.4, -0.2) is 53.9 Å². The van der Waals surface area contributed by atoms with E-state index in [1.54, 1.807) is 7.11 Å². The second-order valence-electron chi connectivity index (χ2n) is 5.43. The summed E-state index contributed by atoms with van der Waals surface area (Å²) >= 11 is 0. The Morgan fingerprint density at radius 2 is 2.14 bits per heavy atom. The van der Waals surface area contributed by atoms with Gasteiger partial charge in [0.2, 0.25) is 11.9 Å². The maximum atomic E-state index is 5.91. The average molecular weight is 293 g/mol. The molecule has 2 heterocycles. The van der Waals surface area contributed by atoms with E-state index in [1.165, 1.54) is 12.8 Å². The molecule has 2 unspecified atom stereocenters. The van der Waals surface area contributed by atoms with Crippen LogP contribution in [0.1, 0.15) is 32.6 Å². The van der Waals surface area contributed by atoms with Crippen LogP contribution < -0.4 is 15.0 Å². The fourth-order valence-corrected chi connectivity index (χ4v) is 3.15. The number of rotatable bonds is 4. The molecule has 1 saturated heterocycles. The fourth-order valence-electron chi connectivity index (χ4n) is 3.15. The number of anilines is 2. The van der Waals surface area contributed by atoms with E-state index >= 15 is 0 Å². The van der Waals surface area contributed by atoms with Gasteiger partial charge in [0.25, 0.3) is 0 Å². The fraction of sp³-hybridized carbons (Fsp3) is 0.786. The molecule has 1 aliphatic carbocycles. The molecular weight excluding hydrogens is 270 g/mol. The Kier molecular flexibility index (Phi) is 4.38. The Labute approximate surface area is 125 Å². The van der Waals surface area contributed by atoms with Crippen LogP contribution in [-0.2, 0) is 4.74 Å². The number of methoxy groups -OCH3 is 1. The van der Waals surface area contributed by atoms with Crippen molar-refractivity contribution >= 4 is 11.9 Å². The van der Waals surface area contributed by atoms with Gasteiger partial charge in [-0.25, -0.2) is 0 Å². The van der Waals surface area contributed by atoms with Crippen LogP contribution in [0.25, 0.3) is 0 Å². The van der Waals surface area contributed by atoms with Crippen LogP contribution in [0, 0.1) is 0 Å². The van der Waals surface area contributed by atoms with E-state index in [4.69, 9.17) is 9.47 Å². The molecule has 1 aliphatic heterocycles. The molecule has 7 heteroatoms. The molecule has 0 bridgehead atoms. The summed E-state index contributed by atoms with van der Waals surface area (Å²) in [7, 11) is 1.58. The summed E-state index contributed by atoms with van der Waals surface area (Å²) in [4.78, 5) is 15.5. The van der Waals surface area contributed by atoms with Crippen molar-refractivity contribution in [2.24, 2.45) is 0 Å². The number of morpholine rings is 1. The quantitative estimate of drug-likeness (QED) is 0.901. The maximum Gasteiger partial charge on any atom is 0.322 e. The zero-order chi connectivity index (χ0) is 14.7. The van der Waals surface area contributed by atoms with Crippen molar-refractivity contribution in [1.82, 2.24) is 15.0 Å². The highest BCUT2D eigenvalue weighted by Crippen LogP contribution is 2.31. The Bertz CT molecular complexity index is 482. The second-order valence-corrected chi connectivity index (χ2v) is 5.43. The van der Waals surface area contributed by atoms with Gasteiger partial charge < -0.3 is 19.7 Å². The molecule has 2 fully saturated rings. The van der Waals surface area contributed by atoms with Crippen molar-refractivity contribution < 1.29 is 9.47 Å². The Morgan fingerprint density at radius 3 is 2.95 bits per heavy atom. The van der Waals surface area contributed by atoms with E-state index in [0.717, 1.165) is 32.5 Å². The Hall–Kier alpha value is -1.63. The molecular formula is C14H23N5O2. The summed E-state index contributed by atoms with van der Waals surface area (Å²) in [6.07, 6.45) is 5.05. The molecule has 3 rings (SSSR count). The number of nitrogens with one attached hydrogen (secondary N) is 1. The molecule has 7 nitrogen and oxygen atoms in total. The summed E-state index contributed by atoms with van der Waals surface area (Å²) in [5.41, 5.74) is 0. The van der Waals surface area contributed by atoms with E-state index in [1.807, 2.05) is 6.92 Å². The highest BCUT2D eigenvalue weighted by Gasteiger charge is 2.35. The van der Waals surface area contributed by atoms with Gasteiger partial charge in [-0.2, -0.15) is 15.0 Å². The predicted octanol–water partition coefficient (Wildman–Crippen LogP) is 1.46. The minimum Gasteiger partial charge on any atom is -0.467 e. The number of nitrogens with zero attached hydrogens (tertiary/aromatic N) is 4. The summed E-state index contributed by atoms with van der Waals surface area (Å²) in [5.74, 6) is 1.26. The predicted molar refractivity (Wildman–Crippen MR) is 79.9 cm³/mol. The highest BCUT2D eigenvalue weighted by atomic mass is 16.5. The first kappa shape index (κ1) is 14.3. The van der Waals surface area contributed by atoms with Gasteiger partial charge in [0.05, 0.1) is 25.9 Å². The lowest BCUT2D eigenvalue weighted by molar-refractivity contribution is -0.00937. The largest absolute Gasteiger partial charge is 0.467 e. The molecule has 21 heavy (non-hydrogen) atoms. The van der Waals surface area contributed by atoms with Gasteiger partial charge in [-0.1, -0.05) is 12.8 Å². The summed E-state index contributed by atoms with van der Waals surface area (Å²) in [6, 6.07) is 0.726. The minimum absolute atomic E-state index is 0.304. The lowest BCUT2D eigenvalue weighted by atomic mass is 9.90. The molecule has 1 saturated carbocycles. The summed E-state index contributed by atoms with van der Waals surface area (Å²) in [5, 5.41) is 3.13. The smallest absolute Gasteiger partial charge is 0.322 e. The third-order valence-electron chi connectivity index (χ3n) is 4.11. The number of ether oxygens (including phenoxy) is 2. The molecule has 0 amide bonds. The summed E-state index contributed by atoms with van der Waals surface area (Å²) < 4.78 is 11.1. The van der Waals surface area contributed by atoms with Crippen LogP contribution in [0.15, 0.2) is 0 Å². The van der Waals surface area contributed by atoms with Crippen molar-refractivity contribution in [3.05, 3.63) is 0 Å². The second kappa shape index (κ2) is 6.43. The lowest BCUT2D eigenvalue weighted by Gasteiger charge is -2.43. The SMILES string of the molecule is CCNc1nc(OC)nc(N2CCOC3CCCCC32)n1. The molecule has 0 radical (unpaired) electrons. The zero-order valence-electron chi connectivity index (χ0n) is 12.7. The first-order chi connectivity index (χ1) is 10.3. The van der Waals surface area contributed by atoms with Crippen molar-refractivity contribution in [2.75, 3.05) is 37.0 Å². The molecule has 116 valence electrons. The van der Waals surface area contributed by atoms with Crippen LogP contribution >= 0.6 is 0 Å². The van der Waals surface area contributed by atoms with E-state index in [2.05, 4.69) is 25.2 Å². The number of hydrogen-bond donors (Lipinski definition) is 1. The minimum atomic E-state index is 0.304. The van der Waals surface area contributed by atoms with E-state index < -0.39 is 0 Å². The van der Waals surface area contributed by atoms with Gasteiger partial charge in [0.1, 0.15) is 0 Å². The van der Waals surface area contributed by atoms with Gasteiger partial charge >= 0.3 is 6.01 Å². The standard InChI is InChI=1S/C14H23N5O2/c1-3-15-12-16-13(18-14(17-12)20-2)19-8-9-21-11-7-5-4-6-10(11)19/h10-11H,3-9H2,1-2H3,(H,15,16,17,18). The molecule has 0 aromatic carbocycles. The van der Waals surface area contributed by atoms with E-state index in [9.17, 15) is 0 Å². The van der Waals surface area contributed by atoms with Crippen molar-refractivity contribution in [2.45, 2.75) is 44.8 Å². The van der Waals surface area contributed by atoms with Crippen molar-refractivity contribution in [3.8, 4) is 6.01 Å². The van der Waals surface area contributed by atoms with E-state index in [-0.39, 0.29) is 0 Å². The normalized spacial score (nSPS) is 25.3. The van der Waals surface area contributed by atoms with Crippen LogP contribution in [0.3, 0.4) is 0 Å². The molecule has 1 N–H and O–H groups in total. The summed E-state index contributed by atoms with van der Waals surface area (Å²) in [6.45, 7) is 4.33. The number of fused-ring (bicyclic) bond motifs is 1. The Balaban J connectivity index is 1.88. The number of hydrogen-bond acceptors (Lipinski definition) is 7. The molecule has 2 atom stereocenters. The van der Waals surface area contributed by atoms with Gasteiger partial charge in [-0.15, -0.1) is 0 Å². The van der Waals surface area contributed by atoms with Crippen LogP contribution in [0.5, 0.6) is 6.01 Å². The maximum absolute atomic E-state index is 5.91.